The highest BCUT2D eigenvalue weighted by atomic mass is 19.1. The lowest BCUT2D eigenvalue weighted by Crippen LogP contribution is -2.39. The Morgan fingerprint density at radius 3 is 2.75 bits per heavy atom. The fourth-order valence-electron chi connectivity index (χ4n) is 3.55. The number of unbranched alkanes of at least 4 members (excludes halogenated alkanes) is 1. The van der Waals surface area contributed by atoms with E-state index in [-0.39, 0.29) is 11.9 Å². The van der Waals surface area contributed by atoms with Crippen molar-refractivity contribution in [2.75, 3.05) is 39.8 Å². The molecule has 0 radical (unpaired) electrons. The summed E-state index contributed by atoms with van der Waals surface area (Å²) in [6, 6.07) is 5.18. The lowest BCUT2D eigenvalue weighted by molar-refractivity contribution is 0.285. The van der Waals surface area contributed by atoms with Crippen LogP contribution in [0.4, 0.5) is 4.39 Å². The summed E-state index contributed by atoms with van der Waals surface area (Å²) in [7, 11) is 1.77. The Kier molecular flexibility index (Phi) is 7.95. The van der Waals surface area contributed by atoms with Crippen molar-refractivity contribution in [1.82, 2.24) is 15.5 Å². The third kappa shape index (κ3) is 6.66. The van der Waals surface area contributed by atoms with Gasteiger partial charge in [0.15, 0.2) is 17.5 Å². The zero-order valence-electron chi connectivity index (χ0n) is 17.3. The van der Waals surface area contributed by atoms with Gasteiger partial charge in [0.1, 0.15) is 0 Å². The molecule has 5 nitrogen and oxygen atoms in total. The Hall–Kier alpha value is -1.82. The van der Waals surface area contributed by atoms with E-state index in [1.807, 2.05) is 13.0 Å². The second-order valence-electron chi connectivity index (χ2n) is 8.07. The maximum Gasteiger partial charge on any atom is 0.191 e. The van der Waals surface area contributed by atoms with Crippen LogP contribution in [-0.4, -0.2) is 50.7 Å². The van der Waals surface area contributed by atoms with Gasteiger partial charge in [-0.1, -0.05) is 6.07 Å². The summed E-state index contributed by atoms with van der Waals surface area (Å²) in [5.74, 6) is 1.42. The highest BCUT2D eigenvalue weighted by Gasteiger charge is 2.22. The number of ether oxygens (including phenoxy) is 1. The Morgan fingerprint density at radius 1 is 1.29 bits per heavy atom. The van der Waals surface area contributed by atoms with Crippen LogP contribution in [0.25, 0.3) is 0 Å². The average molecular weight is 391 g/mol. The lowest BCUT2D eigenvalue weighted by atomic mass is 10.1. The highest BCUT2D eigenvalue weighted by Crippen LogP contribution is 2.30. The molecule has 156 valence electrons. The van der Waals surface area contributed by atoms with Crippen molar-refractivity contribution in [3.05, 3.63) is 29.6 Å². The van der Waals surface area contributed by atoms with Gasteiger partial charge >= 0.3 is 0 Å². The van der Waals surface area contributed by atoms with Gasteiger partial charge in [0.2, 0.25) is 0 Å². The molecule has 6 heteroatoms. The molecule has 1 aromatic carbocycles. The number of benzene rings is 1. The van der Waals surface area contributed by atoms with E-state index in [4.69, 9.17) is 4.74 Å². The molecule has 1 aliphatic heterocycles. The van der Waals surface area contributed by atoms with Gasteiger partial charge in [-0.2, -0.15) is 0 Å². The van der Waals surface area contributed by atoms with E-state index in [1.165, 1.54) is 51.7 Å². The molecule has 1 atom stereocenters. The number of hydrogen-bond acceptors (Lipinski definition) is 3. The minimum absolute atomic E-state index is 0.0391. The molecule has 1 saturated carbocycles. The van der Waals surface area contributed by atoms with E-state index in [2.05, 4.69) is 20.5 Å². The molecular weight excluding hydrogens is 355 g/mol. The predicted octanol–water partition coefficient (Wildman–Crippen LogP) is 3.72. The van der Waals surface area contributed by atoms with Gasteiger partial charge in [-0.05, 0) is 88.7 Å². The van der Waals surface area contributed by atoms with Crippen LogP contribution in [0.15, 0.2) is 23.2 Å². The molecule has 1 aromatic rings. The van der Waals surface area contributed by atoms with Crippen LogP contribution in [0, 0.1) is 11.7 Å². The number of aliphatic imine (C=N–C) groups is 1. The molecule has 0 aromatic heterocycles. The van der Waals surface area contributed by atoms with E-state index in [9.17, 15) is 4.39 Å². The quantitative estimate of drug-likeness (QED) is 0.363. The number of nitrogens with zero attached hydrogens (tertiary/aromatic N) is 2. The molecule has 2 fully saturated rings. The predicted molar refractivity (Wildman–Crippen MR) is 112 cm³/mol. The standard InChI is InChI=1S/C22H35FN4O/c1-17(19-9-10-21(20(23)15-19)28-16-18-7-8-18)26-22(24-2)25-11-3-4-12-27-13-5-6-14-27/h9-10,15,17-18H,3-8,11-14,16H2,1-2H3,(H2,24,25,26). The Balaban J connectivity index is 1.38. The Labute approximate surface area is 168 Å². The molecule has 2 aliphatic rings. The van der Waals surface area contributed by atoms with Crippen LogP contribution < -0.4 is 15.4 Å². The molecule has 28 heavy (non-hydrogen) atoms. The van der Waals surface area contributed by atoms with Crippen LogP contribution in [0.2, 0.25) is 0 Å². The van der Waals surface area contributed by atoms with E-state index < -0.39 is 0 Å². The minimum atomic E-state index is -0.295. The molecule has 1 aliphatic carbocycles. The molecule has 0 amide bonds. The molecule has 1 unspecified atom stereocenters. The van der Waals surface area contributed by atoms with Crippen molar-refractivity contribution in [2.24, 2.45) is 10.9 Å². The summed E-state index contributed by atoms with van der Waals surface area (Å²) < 4.78 is 19.9. The van der Waals surface area contributed by atoms with Gasteiger partial charge in [0.25, 0.3) is 0 Å². The van der Waals surface area contributed by atoms with Crippen molar-refractivity contribution in [3.8, 4) is 5.75 Å². The highest BCUT2D eigenvalue weighted by molar-refractivity contribution is 5.80. The topological polar surface area (TPSA) is 48.9 Å². The third-order valence-electron chi connectivity index (χ3n) is 5.60. The molecule has 2 N–H and O–H groups in total. The normalized spacial score (nSPS) is 18.9. The number of likely N-dealkylation sites (tertiary alicyclic amines) is 1. The van der Waals surface area contributed by atoms with Gasteiger partial charge in [-0.15, -0.1) is 0 Å². The first-order valence-corrected chi connectivity index (χ1v) is 10.8. The number of rotatable bonds is 10. The summed E-state index contributed by atoms with van der Waals surface area (Å²) in [6.07, 6.45) is 7.41. The van der Waals surface area contributed by atoms with Crippen LogP contribution in [0.3, 0.4) is 0 Å². The first-order chi connectivity index (χ1) is 13.7. The fraction of sp³-hybridized carbons (Fsp3) is 0.682. The molecule has 0 spiro atoms. The third-order valence-corrected chi connectivity index (χ3v) is 5.60. The fourth-order valence-corrected chi connectivity index (χ4v) is 3.55. The van der Waals surface area contributed by atoms with E-state index >= 15 is 0 Å². The van der Waals surface area contributed by atoms with Crippen molar-refractivity contribution < 1.29 is 9.13 Å². The summed E-state index contributed by atoms with van der Waals surface area (Å²) in [5.41, 5.74) is 0.883. The summed E-state index contributed by atoms with van der Waals surface area (Å²) in [4.78, 5) is 6.83. The van der Waals surface area contributed by atoms with Crippen molar-refractivity contribution >= 4 is 5.96 Å². The van der Waals surface area contributed by atoms with Gasteiger partial charge in [0, 0.05) is 13.6 Å². The minimum Gasteiger partial charge on any atom is -0.490 e. The number of halogens is 1. The average Bonchev–Trinajstić information content (AvgIpc) is 3.38. The number of guanidine groups is 1. The second-order valence-corrected chi connectivity index (χ2v) is 8.07. The molecule has 3 rings (SSSR count). The van der Waals surface area contributed by atoms with Crippen LogP contribution in [0.5, 0.6) is 5.75 Å². The molecule has 0 bridgehead atoms. The van der Waals surface area contributed by atoms with Crippen LogP contribution in [0.1, 0.15) is 57.1 Å². The SMILES string of the molecule is CN=C(NCCCCN1CCCC1)NC(C)c1ccc(OCC2CC2)c(F)c1. The van der Waals surface area contributed by atoms with Gasteiger partial charge in [-0.3, -0.25) is 4.99 Å². The van der Waals surface area contributed by atoms with E-state index in [1.54, 1.807) is 19.2 Å². The summed E-state index contributed by atoms with van der Waals surface area (Å²) in [6.45, 7) is 7.24. The zero-order valence-corrected chi connectivity index (χ0v) is 17.3. The molecular formula is C22H35FN4O. The monoisotopic (exact) mass is 390 g/mol. The van der Waals surface area contributed by atoms with E-state index in [0.29, 0.717) is 18.3 Å². The first-order valence-electron chi connectivity index (χ1n) is 10.8. The number of nitrogens with one attached hydrogen (secondary N) is 2. The Bertz CT molecular complexity index is 641. The van der Waals surface area contributed by atoms with Crippen molar-refractivity contribution in [2.45, 2.75) is 51.5 Å². The smallest absolute Gasteiger partial charge is 0.191 e. The lowest BCUT2D eigenvalue weighted by Gasteiger charge is -2.19. The maximum atomic E-state index is 14.3. The second kappa shape index (κ2) is 10.6. The van der Waals surface area contributed by atoms with Gasteiger partial charge in [0.05, 0.1) is 12.6 Å². The summed E-state index contributed by atoms with van der Waals surface area (Å²) >= 11 is 0. The van der Waals surface area contributed by atoms with Crippen LogP contribution in [-0.2, 0) is 0 Å². The largest absolute Gasteiger partial charge is 0.490 e. The number of hydrogen-bond donors (Lipinski definition) is 2. The maximum absolute atomic E-state index is 14.3. The zero-order chi connectivity index (χ0) is 19.8. The molecule has 1 saturated heterocycles. The van der Waals surface area contributed by atoms with Gasteiger partial charge < -0.3 is 20.3 Å². The van der Waals surface area contributed by atoms with Crippen molar-refractivity contribution in [1.29, 1.82) is 0 Å². The van der Waals surface area contributed by atoms with E-state index in [0.717, 1.165) is 24.5 Å². The summed E-state index contributed by atoms with van der Waals surface area (Å²) in [5, 5.41) is 6.71. The van der Waals surface area contributed by atoms with Crippen LogP contribution >= 0.6 is 0 Å². The van der Waals surface area contributed by atoms with Crippen molar-refractivity contribution in [3.63, 3.8) is 0 Å². The molecule has 1 heterocycles. The Morgan fingerprint density at radius 2 is 2.07 bits per heavy atom. The van der Waals surface area contributed by atoms with Gasteiger partial charge in [-0.25, -0.2) is 4.39 Å². The first kappa shape index (κ1) is 20.9.